The predicted octanol–water partition coefficient (Wildman–Crippen LogP) is 5.44. The Morgan fingerprint density at radius 2 is 1.16 bits per heavy atom. The summed E-state index contributed by atoms with van der Waals surface area (Å²) in [4.78, 5) is 0. The predicted molar refractivity (Wildman–Crippen MR) is 84.5 cm³/mol. The quantitative estimate of drug-likeness (QED) is 0.653. The van der Waals surface area contributed by atoms with E-state index in [-0.39, 0.29) is 0 Å². The van der Waals surface area contributed by atoms with Gasteiger partial charge in [0.1, 0.15) is 0 Å². The molecule has 2 rings (SSSR count). The van der Waals surface area contributed by atoms with Crippen molar-refractivity contribution < 1.29 is 0 Å². The zero-order valence-corrected chi connectivity index (χ0v) is 13.0. The summed E-state index contributed by atoms with van der Waals surface area (Å²) in [5.41, 5.74) is 0. The van der Waals surface area contributed by atoms with Crippen LogP contribution >= 0.6 is 0 Å². The standard InChI is InChI=1S/C18H35N/c1-2-4-6-8-12-18(13-9-7-5-3-1)19-16-10-11-17-14-15-17/h17-19H,1-16H2. The third-order valence-corrected chi connectivity index (χ3v) is 5.02. The van der Waals surface area contributed by atoms with Crippen LogP contribution in [0.25, 0.3) is 0 Å². The second kappa shape index (κ2) is 9.80. The molecule has 112 valence electrons. The smallest absolute Gasteiger partial charge is 0.00670 e. The Bertz CT molecular complexity index is 198. The molecule has 2 fully saturated rings. The Kier molecular flexibility index (Phi) is 7.92. The molecular formula is C18H35N. The van der Waals surface area contributed by atoms with Crippen LogP contribution in [0.3, 0.4) is 0 Å². The van der Waals surface area contributed by atoms with E-state index in [0.29, 0.717) is 0 Å². The van der Waals surface area contributed by atoms with Gasteiger partial charge in [-0.3, -0.25) is 0 Å². The van der Waals surface area contributed by atoms with E-state index in [1.807, 2.05) is 0 Å². The van der Waals surface area contributed by atoms with Crippen molar-refractivity contribution in [2.45, 2.75) is 102 Å². The van der Waals surface area contributed by atoms with Crippen LogP contribution in [0.2, 0.25) is 0 Å². The lowest BCUT2D eigenvalue weighted by Gasteiger charge is -2.19. The summed E-state index contributed by atoms with van der Waals surface area (Å²) in [6, 6.07) is 0.832. The summed E-state index contributed by atoms with van der Waals surface area (Å²) in [5, 5.41) is 3.86. The summed E-state index contributed by atoms with van der Waals surface area (Å²) in [7, 11) is 0. The first-order valence-corrected chi connectivity index (χ1v) is 9.18. The zero-order valence-electron chi connectivity index (χ0n) is 13.0. The van der Waals surface area contributed by atoms with E-state index in [4.69, 9.17) is 0 Å². The van der Waals surface area contributed by atoms with E-state index in [0.717, 1.165) is 12.0 Å². The third-order valence-electron chi connectivity index (χ3n) is 5.02. The highest BCUT2D eigenvalue weighted by molar-refractivity contribution is 4.74. The minimum absolute atomic E-state index is 0.832. The molecule has 0 spiro atoms. The molecule has 2 saturated carbocycles. The highest BCUT2D eigenvalue weighted by Gasteiger charge is 2.20. The first kappa shape index (κ1) is 15.4. The van der Waals surface area contributed by atoms with Crippen LogP contribution in [0, 0.1) is 5.92 Å². The van der Waals surface area contributed by atoms with Crippen LogP contribution in [0.15, 0.2) is 0 Å². The third kappa shape index (κ3) is 7.97. The van der Waals surface area contributed by atoms with Crippen LogP contribution in [0.4, 0.5) is 0 Å². The van der Waals surface area contributed by atoms with Crippen molar-refractivity contribution in [3.63, 3.8) is 0 Å². The lowest BCUT2D eigenvalue weighted by Crippen LogP contribution is -2.30. The number of rotatable bonds is 5. The summed E-state index contributed by atoms with van der Waals surface area (Å²) in [6.45, 7) is 1.28. The van der Waals surface area contributed by atoms with Crippen LogP contribution in [-0.4, -0.2) is 12.6 Å². The molecule has 2 aliphatic rings. The largest absolute Gasteiger partial charge is 0.314 e. The van der Waals surface area contributed by atoms with Gasteiger partial charge in [0.25, 0.3) is 0 Å². The monoisotopic (exact) mass is 265 g/mol. The van der Waals surface area contributed by atoms with Gasteiger partial charge in [-0.1, -0.05) is 70.6 Å². The van der Waals surface area contributed by atoms with Gasteiger partial charge < -0.3 is 5.32 Å². The van der Waals surface area contributed by atoms with Crippen LogP contribution in [0.5, 0.6) is 0 Å². The molecule has 0 radical (unpaired) electrons. The number of hydrogen-bond acceptors (Lipinski definition) is 1. The molecule has 0 aromatic heterocycles. The van der Waals surface area contributed by atoms with Crippen molar-refractivity contribution in [2.75, 3.05) is 6.54 Å². The van der Waals surface area contributed by atoms with Gasteiger partial charge in [0, 0.05) is 6.04 Å². The van der Waals surface area contributed by atoms with Gasteiger partial charge in [-0.25, -0.2) is 0 Å². The van der Waals surface area contributed by atoms with Crippen molar-refractivity contribution in [1.82, 2.24) is 5.32 Å². The molecule has 0 bridgehead atoms. The molecule has 1 N–H and O–H groups in total. The highest BCUT2D eigenvalue weighted by Crippen LogP contribution is 2.33. The number of nitrogens with one attached hydrogen (secondary N) is 1. The molecule has 0 heterocycles. The molecule has 1 heteroatoms. The van der Waals surface area contributed by atoms with Crippen molar-refractivity contribution in [2.24, 2.45) is 5.92 Å². The van der Waals surface area contributed by atoms with Gasteiger partial charge >= 0.3 is 0 Å². The minimum atomic E-state index is 0.832. The van der Waals surface area contributed by atoms with E-state index in [9.17, 15) is 0 Å². The molecule has 2 aliphatic carbocycles. The van der Waals surface area contributed by atoms with Crippen LogP contribution < -0.4 is 5.32 Å². The fourth-order valence-corrected chi connectivity index (χ4v) is 3.47. The fraction of sp³-hybridized carbons (Fsp3) is 1.00. The molecule has 0 amide bonds. The Labute approximate surface area is 120 Å². The van der Waals surface area contributed by atoms with Crippen molar-refractivity contribution in [1.29, 1.82) is 0 Å². The Morgan fingerprint density at radius 3 is 1.68 bits per heavy atom. The Hall–Kier alpha value is -0.0400. The fourth-order valence-electron chi connectivity index (χ4n) is 3.47. The first-order valence-electron chi connectivity index (χ1n) is 9.18. The van der Waals surface area contributed by atoms with E-state index in [2.05, 4.69) is 5.32 Å². The van der Waals surface area contributed by atoms with Gasteiger partial charge in [-0.05, 0) is 38.1 Å². The van der Waals surface area contributed by atoms with Gasteiger partial charge in [0.2, 0.25) is 0 Å². The van der Waals surface area contributed by atoms with Gasteiger partial charge in [-0.2, -0.15) is 0 Å². The van der Waals surface area contributed by atoms with Gasteiger partial charge in [0.05, 0.1) is 0 Å². The van der Waals surface area contributed by atoms with E-state index in [1.54, 1.807) is 0 Å². The van der Waals surface area contributed by atoms with E-state index < -0.39 is 0 Å². The molecule has 0 unspecified atom stereocenters. The van der Waals surface area contributed by atoms with Crippen molar-refractivity contribution in [3.8, 4) is 0 Å². The Morgan fingerprint density at radius 1 is 0.632 bits per heavy atom. The highest BCUT2D eigenvalue weighted by atomic mass is 14.9. The topological polar surface area (TPSA) is 12.0 Å². The molecule has 0 saturated heterocycles. The SMILES string of the molecule is C1CCCCCC(NCCCC2CC2)CCCCC1. The molecule has 19 heavy (non-hydrogen) atoms. The lowest BCUT2D eigenvalue weighted by molar-refractivity contribution is 0.399. The second-order valence-corrected chi connectivity index (χ2v) is 7.00. The van der Waals surface area contributed by atoms with E-state index in [1.165, 1.54) is 103 Å². The maximum absolute atomic E-state index is 3.86. The van der Waals surface area contributed by atoms with Crippen LogP contribution in [0.1, 0.15) is 96.3 Å². The van der Waals surface area contributed by atoms with Crippen molar-refractivity contribution >= 4 is 0 Å². The zero-order chi connectivity index (χ0) is 13.2. The van der Waals surface area contributed by atoms with Crippen molar-refractivity contribution in [3.05, 3.63) is 0 Å². The van der Waals surface area contributed by atoms with E-state index >= 15 is 0 Å². The second-order valence-electron chi connectivity index (χ2n) is 7.00. The maximum atomic E-state index is 3.86. The summed E-state index contributed by atoms with van der Waals surface area (Å²) in [6.07, 6.45) is 22.1. The average Bonchev–Trinajstić information content (AvgIpc) is 3.21. The summed E-state index contributed by atoms with van der Waals surface area (Å²) >= 11 is 0. The average molecular weight is 265 g/mol. The molecular weight excluding hydrogens is 230 g/mol. The Balaban J connectivity index is 1.56. The van der Waals surface area contributed by atoms with Gasteiger partial charge in [0.15, 0.2) is 0 Å². The lowest BCUT2D eigenvalue weighted by atomic mass is 9.98. The molecule has 0 aromatic rings. The molecule has 0 aliphatic heterocycles. The minimum Gasteiger partial charge on any atom is -0.314 e. The van der Waals surface area contributed by atoms with Gasteiger partial charge in [-0.15, -0.1) is 0 Å². The first-order chi connectivity index (χ1) is 9.45. The summed E-state index contributed by atoms with van der Waals surface area (Å²) in [5.74, 6) is 1.11. The van der Waals surface area contributed by atoms with Crippen LogP contribution in [-0.2, 0) is 0 Å². The molecule has 1 nitrogen and oxygen atoms in total. The normalized spacial score (nSPS) is 24.6. The molecule has 0 atom stereocenters. The molecule has 0 aromatic carbocycles. The number of hydrogen-bond donors (Lipinski definition) is 1. The maximum Gasteiger partial charge on any atom is 0.00670 e. The summed E-state index contributed by atoms with van der Waals surface area (Å²) < 4.78 is 0.